The molecular weight excluding hydrogens is 397 g/mol. The molecule has 0 saturated carbocycles. The van der Waals surface area contributed by atoms with Crippen molar-refractivity contribution in [1.29, 1.82) is 0 Å². The Hall–Kier alpha value is -0.660. The molecule has 0 atom stereocenters. The molecule has 1 saturated heterocycles. The number of thiazole rings is 1. The normalized spacial score (nSPS) is 14.7. The average molecular weight is 422 g/mol. The Bertz CT molecular complexity index is 653. The van der Waals surface area contributed by atoms with Gasteiger partial charge in [-0.3, -0.25) is 4.79 Å². The topological polar surface area (TPSA) is 45.2 Å². The summed E-state index contributed by atoms with van der Waals surface area (Å²) in [6.45, 7) is 7.89. The van der Waals surface area contributed by atoms with Gasteiger partial charge in [-0.15, -0.1) is 47.5 Å². The third-order valence-corrected chi connectivity index (χ3v) is 6.49. The van der Waals surface area contributed by atoms with E-state index >= 15 is 0 Å². The van der Waals surface area contributed by atoms with Gasteiger partial charge < -0.3 is 10.2 Å². The molecule has 140 valence electrons. The van der Waals surface area contributed by atoms with Gasteiger partial charge in [0.1, 0.15) is 9.88 Å². The molecule has 0 bridgehead atoms. The van der Waals surface area contributed by atoms with E-state index in [1.165, 1.54) is 11.3 Å². The largest absolute Gasteiger partial charge is 0.338 e. The lowest BCUT2D eigenvalue weighted by Crippen LogP contribution is -2.40. The molecule has 25 heavy (non-hydrogen) atoms. The molecule has 0 radical (unpaired) electrons. The van der Waals surface area contributed by atoms with Gasteiger partial charge in [0.25, 0.3) is 5.91 Å². The summed E-state index contributed by atoms with van der Waals surface area (Å²) in [5, 5.41) is 6.42. The molecule has 2 aromatic heterocycles. The van der Waals surface area contributed by atoms with E-state index in [0.29, 0.717) is 5.92 Å². The van der Waals surface area contributed by atoms with E-state index in [1.807, 2.05) is 23.3 Å². The predicted molar refractivity (Wildman–Crippen MR) is 112 cm³/mol. The van der Waals surface area contributed by atoms with Gasteiger partial charge in [0.2, 0.25) is 0 Å². The van der Waals surface area contributed by atoms with Crippen LogP contribution in [0.3, 0.4) is 0 Å². The number of aryl methyl sites for hydroxylation is 1. The second-order valence-electron chi connectivity index (χ2n) is 5.95. The maximum atomic E-state index is 12.8. The van der Waals surface area contributed by atoms with E-state index in [1.54, 1.807) is 11.3 Å². The molecule has 0 spiro atoms. The molecule has 8 heteroatoms. The number of hydrogen-bond donors (Lipinski definition) is 1. The number of hydrogen-bond acceptors (Lipinski definition) is 5. The van der Waals surface area contributed by atoms with Crippen molar-refractivity contribution < 1.29 is 4.79 Å². The van der Waals surface area contributed by atoms with Crippen LogP contribution in [0, 0.1) is 12.8 Å². The van der Waals surface area contributed by atoms with Gasteiger partial charge in [-0.1, -0.05) is 13.0 Å². The van der Waals surface area contributed by atoms with E-state index < -0.39 is 0 Å². The number of carbonyl (C=O) groups excluding carboxylic acids is 1. The maximum Gasteiger partial charge on any atom is 0.265 e. The Morgan fingerprint density at radius 3 is 2.68 bits per heavy atom. The van der Waals surface area contributed by atoms with Gasteiger partial charge in [-0.2, -0.15) is 0 Å². The standard InChI is InChI=1S/C17H23N3OS2.2ClH/c1-3-18-11-13-6-8-20(9-7-13)17(21)15-12(2)19-16(23-15)14-5-4-10-22-14;;/h4-5,10,13,18H,3,6-9,11H2,1-2H3;2*1H. The Balaban J connectivity index is 0.00000156. The van der Waals surface area contributed by atoms with Crippen LogP contribution in [0.25, 0.3) is 9.88 Å². The fourth-order valence-electron chi connectivity index (χ4n) is 2.93. The summed E-state index contributed by atoms with van der Waals surface area (Å²) in [4.78, 5) is 21.3. The molecule has 3 rings (SSSR count). The van der Waals surface area contributed by atoms with Crippen molar-refractivity contribution in [2.75, 3.05) is 26.2 Å². The summed E-state index contributed by atoms with van der Waals surface area (Å²) in [7, 11) is 0. The molecule has 0 unspecified atom stereocenters. The Kier molecular flexibility index (Phi) is 9.38. The van der Waals surface area contributed by atoms with Crippen molar-refractivity contribution in [2.24, 2.45) is 5.92 Å². The third kappa shape index (κ3) is 5.41. The van der Waals surface area contributed by atoms with E-state index in [0.717, 1.165) is 59.5 Å². The van der Waals surface area contributed by atoms with Crippen LogP contribution < -0.4 is 5.32 Å². The second-order valence-corrected chi connectivity index (χ2v) is 7.90. The summed E-state index contributed by atoms with van der Waals surface area (Å²) >= 11 is 3.20. The lowest BCUT2D eigenvalue weighted by atomic mass is 9.96. The summed E-state index contributed by atoms with van der Waals surface area (Å²) in [6.07, 6.45) is 2.18. The van der Waals surface area contributed by atoms with Crippen molar-refractivity contribution in [3.05, 3.63) is 28.1 Å². The summed E-state index contributed by atoms with van der Waals surface area (Å²) < 4.78 is 0. The van der Waals surface area contributed by atoms with Gasteiger partial charge in [0.15, 0.2) is 0 Å². The average Bonchev–Trinajstić information content (AvgIpc) is 3.22. The Labute approximate surface area is 169 Å². The smallest absolute Gasteiger partial charge is 0.265 e. The first kappa shape index (κ1) is 22.4. The quantitative estimate of drug-likeness (QED) is 0.773. The molecule has 2 aromatic rings. The number of amides is 1. The molecule has 1 aliphatic heterocycles. The molecule has 4 nitrogen and oxygen atoms in total. The SMILES string of the molecule is CCNCC1CCN(C(=O)c2sc(-c3cccs3)nc2C)CC1.Cl.Cl. The molecular formula is C17H25Cl2N3OS2. The van der Waals surface area contributed by atoms with Gasteiger partial charge in [-0.25, -0.2) is 4.98 Å². The molecule has 0 aliphatic carbocycles. The van der Waals surface area contributed by atoms with Crippen LogP contribution >= 0.6 is 47.5 Å². The van der Waals surface area contributed by atoms with Crippen LogP contribution in [0.5, 0.6) is 0 Å². The molecule has 1 amide bonds. The van der Waals surface area contributed by atoms with Crippen molar-refractivity contribution in [2.45, 2.75) is 26.7 Å². The highest BCUT2D eigenvalue weighted by Crippen LogP contribution is 2.32. The van der Waals surface area contributed by atoms with Crippen LogP contribution in [-0.2, 0) is 0 Å². The van der Waals surface area contributed by atoms with Crippen LogP contribution in [0.1, 0.15) is 35.1 Å². The van der Waals surface area contributed by atoms with E-state index in [4.69, 9.17) is 0 Å². The number of nitrogens with one attached hydrogen (secondary N) is 1. The Morgan fingerprint density at radius 1 is 1.36 bits per heavy atom. The van der Waals surface area contributed by atoms with Crippen LogP contribution in [-0.4, -0.2) is 42.0 Å². The third-order valence-electron chi connectivity index (χ3n) is 4.31. The minimum absolute atomic E-state index is 0. The van der Waals surface area contributed by atoms with Gasteiger partial charge in [-0.05, 0) is 50.2 Å². The first-order valence-corrected chi connectivity index (χ1v) is 9.90. The zero-order chi connectivity index (χ0) is 16.2. The number of nitrogens with zero attached hydrogens (tertiary/aromatic N) is 2. The zero-order valence-corrected chi connectivity index (χ0v) is 17.8. The number of piperidine rings is 1. The van der Waals surface area contributed by atoms with Crippen LogP contribution in [0.15, 0.2) is 17.5 Å². The number of likely N-dealkylation sites (tertiary alicyclic amines) is 1. The number of thiophene rings is 1. The number of carbonyl (C=O) groups is 1. The summed E-state index contributed by atoms with van der Waals surface area (Å²) in [6, 6.07) is 4.08. The minimum Gasteiger partial charge on any atom is -0.338 e. The zero-order valence-electron chi connectivity index (χ0n) is 14.5. The molecule has 1 aliphatic rings. The van der Waals surface area contributed by atoms with Crippen LogP contribution in [0.2, 0.25) is 0 Å². The van der Waals surface area contributed by atoms with Crippen LogP contribution in [0.4, 0.5) is 0 Å². The molecule has 1 fully saturated rings. The maximum absolute atomic E-state index is 12.8. The lowest BCUT2D eigenvalue weighted by molar-refractivity contribution is 0.0694. The highest BCUT2D eigenvalue weighted by molar-refractivity contribution is 7.22. The lowest BCUT2D eigenvalue weighted by Gasteiger charge is -2.31. The molecule has 0 aromatic carbocycles. The summed E-state index contributed by atoms with van der Waals surface area (Å²) in [5.74, 6) is 0.855. The number of aromatic nitrogens is 1. The van der Waals surface area contributed by atoms with Crippen molar-refractivity contribution >= 4 is 53.4 Å². The minimum atomic E-state index is 0. The van der Waals surface area contributed by atoms with E-state index in [2.05, 4.69) is 23.3 Å². The predicted octanol–water partition coefficient (Wildman–Crippen LogP) is 4.49. The fourth-order valence-corrected chi connectivity index (χ4v) is 4.76. The van der Waals surface area contributed by atoms with Gasteiger partial charge in [0.05, 0.1) is 10.6 Å². The summed E-state index contributed by atoms with van der Waals surface area (Å²) in [5.41, 5.74) is 0.859. The van der Waals surface area contributed by atoms with E-state index in [9.17, 15) is 4.79 Å². The van der Waals surface area contributed by atoms with Gasteiger partial charge >= 0.3 is 0 Å². The Morgan fingerprint density at radius 2 is 2.08 bits per heavy atom. The monoisotopic (exact) mass is 421 g/mol. The fraction of sp³-hybridized carbons (Fsp3) is 0.529. The highest BCUT2D eigenvalue weighted by Gasteiger charge is 2.26. The first-order valence-electron chi connectivity index (χ1n) is 8.20. The van der Waals surface area contributed by atoms with Crippen molar-refractivity contribution in [3.63, 3.8) is 0 Å². The first-order chi connectivity index (χ1) is 11.2. The van der Waals surface area contributed by atoms with E-state index in [-0.39, 0.29) is 30.7 Å². The number of rotatable bonds is 5. The molecule has 1 N–H and O–H groups in total. The van der Waals surface area contributed by atoms with Crippen molar-refractivity contribution in [1.82, 2.24) is 15.2 Å². The number of halogens is 2. The molecule has 3 heterocycles. The van der Waals surface area contributed by atoms with Crippen molar-refractivity contribution in [3.8, 4) is 9.88 Å². The highest BCUT2D eigenvalue weighted by atomic mass is 35.5. The second kappa shape index (κ2) is 10.5. The van der Waals surface area contributed by atoms with Gasteiger partial charge in [0, 0.05) is 13.1 Å².